The zero-order chi connectivity index (χ0) is 19.9. The van der Waals surface area contributed by atoms with Crippen molar-refractivity contribution in [2.24, 2.45) is 5.92 Å². The van der Waals surface area contributed by atoms with Gasteiger partial charge in [-0.15, -0.1) is 0 Å². The largest absolute Gasteiger partial charge is 0.478 e. The van der Waals surface area contributed by atoms with E-state index in [0.29, 0.717) is 25.4 Å². The first-order chi connectivity index (χ1) is 12.8. The van der Waals surface area contributed by atoms with Crippen molar-refractivity contribution in [3.8, 4) is 0 Å². The van der Waals surface area contributed by atoms with E-state index in [4.69, 9.17) is 4.74 Å². The number of alkyl halides is 3. The number of hydrogen-bond donors (Lipinski definition) is 2. The Hall–Kier alpha value is -1.35. The van der Waals surface area contributed by atoms with Crippen molar-refractivity contribution in [3.05, 3.63) is 0 Å². The average Bonchev–Trinajstić information content (AvgIpc) is 3.16. The molecule has 9 heteroatoms. The predicted molar refractivity (Wildman–Crippen MR) is 90.5 cm³/mol. The van der Waals surface area contributed by atoms with Crippen LogP contribution < -0.4 is 10.6 Å². The number of quaternary nitrogens is 1. The Labute approximate surface area is 157 Å². The zero-order valence-corrected chi connectivity index (χ0v) is 15.8. The van der Waals surface area contributed by atoms with Gasteiger partial charge in [0.1, 0.15) is 12.6 Å². The number of halogens is 3. The van der Waals surface area contributed by atoms with Crippen LogP contribution in [0.4, 0.5) is 13.2 Å². The van der Waals surface area contributed by atoms with Crippen LogP contribution in [0.5, 0.6) is 0 Å². The predicted octanol–water partition coefficient (Wildman–Crippen LogP) is 1.64. The lowest BCUT2D eigenvalue weighted by Gasteiger charge is -2.32. The minimum absolute atomic E-state index is 0.0345. The van der Waals surface area contributed by atoms with Crippen molar-refractivity contribution in [1.29, 1.82) is 0 Å². The normalized spacial score (nSPS) is 23.6. The molecule has 1 saturated carbocycles. The van der Waals surface area contributed by atoms with E-state index in [1.807, 2.05) is 5.32 Å². The van der Waals surface area contributed by atoms with Crippen molar-refractivity contribution < 1.29 is 37.6 Å². The molecule has 3 N–H and O–H groups in total. The van der Waals surface area contributed by atoms with Crippen LogP contribution in [0, 0.1) is 5.92 Å². The molecule has 6 nitrogen and oxygen atoms in total. The highest BCUT2D eigenvalue weighted by atomic mass is 19.4. The summed E-state index contributed by atoms with van der Waals surface area (Å²) in [6, 6.07) is 0. The van der Waals surface area contributed by atoms with Crippen LogP contribution in [0.3, 0.4) is 0 Å². The first kappa shape index (κ1) is 21.9. The highest BCUT2D eigenvalue weighted by molar-refractivity contribution is 5.87. The maximum atomic E-state index is 13.9. The van der Waals surface area contributed by atoms with Gasteiger partial charge < -0.3 is 14.8 Å². The Kier molecular flexibility index (Phi) is 7.91. The number of carbonyl (C=O) groups is 2. The minimum Gasteiger partial charge on any atom is -0.463 e. The van der Waals surface area contributed by atoms with Crippen LogP contribution >= 0.6 is 0 Å². The fraction of sp³-hybridized carbons (Fsp3) is 0.889. The summed E-state index contributed by atoms with van der Waals surface area (Å²) in [7, 11) is 0.886. The highest BCUT2D eigenvalue weighted by Gasteiger charge is 2.67. The third kappa shape index (κ3) is 5.81. The van der Waals surface area contributed by atoms with Crippen molar-refractivity contribution >= 4 is 11.9 Å². The number of methoxy groups -OCH3 is 1. The molecule has 0 aromatic heterocycles. The molecule has 2 rings (SSSR count). The number of nitrogens with two attached hydrogens (primary N) is 1. The molecule has 156 valence electrons. The number of amides is 1. The van der Waals surface area contributed by atoms with Crippen LogP contribution in [0.15, 0.2) is 0 Å². The average molecular weight is 395 g/mol. The molecule has 1 aliphatic heterocycles. The quantitative estimate of drug-likeness (QED) is 0.484. The molecule has 0 aromatic carbocycles. The third-order valence-electron chi connectivity index (χ3n) is 5.51. The summed E-state index contributed by atoms with van der Waals surface area (Å²) in [6.45, 7) is 0.404. The zero-order valence-electron chi connectivity index (χ0n) is 15.8. The molecule has 2 fully saturated rings. The summed E-state index contributed by atoms with van der Waals surface area (Å²) in [5, 5.41) is 2.73. The van der Waals surface area contributed by atoms with Gasteiger partial charge in [-0.1, -0.05) is 32.1 Å². The summed E-state index contributed by atoms with van der Waals surface area (Å²) in [5.74, 6) is -1.95. The Morgan fingerprint density at radius 3 is 2.41 bits per heavy atom. The van der Waals surface area contributed by atoms with Gasteiger partial charge in [-0.3, -0.25) is 10.1 Å². The molecule has 2 atom stereocenters. The molecule has 1 aliphatic carbocycles. The van der Waals surface area contributed by atoms with Gasteiger partial charge >= 0.3 is 17.8 Å². The van der Waals surface area contributed by atoms with Gasteiger partial charge in [0, 0.05) is 13.0 Å². The molecule has 2 aliphatic rings. The number of esters is 1. The highest BCUT2D eigenvalue weighted by Crippen LogP contribution is 2.29. The summed E-state index contributed by atoms with van der Waals surface area (Å²) in [5.41, 5.74) is -3.14. The van der Waals surface area contributed by atoms with Gasteiger partial charge in [-0.25, -0.2) is 4.79 Å². The monoisotopic (exact) mass is 395 g/mol. The first-order valence-corrected chi connectivity index (χ1v) is 9.70. The molecule has 0 aromatic rings. The van der Waals surface area contributed by atoms with Crippen LogP contribution in [0.25, 0.3) is 0 Å². The second-order valence-electron chi connectivity index (χ2n) is 7.46. The van der Waals surface area contributed by atoms with Gasteiger partial charge in [0.15, 0.2) is 0 Å². The summed E-state index contributed by atoms with van der Waals surface area (Å²) in [4.78, 5) is 24.4. The lowest BCUT2D eigenvalue weighted by Crippen LogP contribution is -3.07. The lowest BCUT2D eigenvalue weighted by atomic mass is 9.86. The number of rotatable bonds is 8. The van der Waals surface area contributed by atoms with E-state index < -0.39 is 23.7 Å². The van der Waals surface area contributed by atoms with Crippen LogP contribution in [0.1, 0.15) is 57.8 Å². The Bertz CT molecular complexity index is 503. The van der Waals surface area contributed by atoms with Crippen molar-refractivity contribution in [2.75, 3.05) is 20.3 Å². The van der Waals surface area contributed by atoms with Crippen LogP contribution in [0.2, 0.25) is 0 Å². The molecule has 1 amide bonds. The van der Waals surface area contributed by atoms with E-state index in [-0.39, 0.29) is 19.1 Å². The van der Waals surface area contributed by atoms with Crippen LogP contribution in [-0.4, -0.2) is 50.1 Å². The Morgan fingerprint density at radius 2 is 1.85 bits per heavy atom. The number of carbonyl (C=O) groups excluding carboxylic acids is 2. The molecule has 1 heterocycles. The van der Waals surface area contributed by atoms with Crippen molar-refractivity contribution in [3.63, 3.8) is 0 Å². The molecule has 0 bridgehead atoms. The maximum absolute atomic E-state index is 13.9. The summed E-state index contributed by atoms with van der Waals surface area (Å²) < 4.78 is 51.3. The van der Waals surface area contributed by atoms with Gasteiger partial charge in [0.2, 0.25) is 5.91 Å². The van der Waals surface area contributed by atoms with Gasteiger partial charge in [-0.2, -0.15) is 13.2 Å². The Balaban J connectivity index is 2.04. The van der Waals surface area contributed by atoms with Gasteiger partial charge in [0.05, 0.1) is 7.11 Å². The minimum atomic E-state index is -5.00. The third-order valence-corrected chi connectivity index (χ3v) is 5.51. The molecular weight excluding hydrogens is 365 g/mol. The SMILES string of the molecule is COC(=O)[C@@](NC(=O)CCC1CCCCC1)([NH2+]C[C@@H]1CCCO1)C(F)(F)F. The standard InChI is InChI=1S/C18H29F3N2O4/c1-26-16(25)17(18(19,20)21,22-12-14-8-5-11-27-14)23-15(24)10-9-13-6-3-2-4-7-13/h13-14,22H,2-12H2,1H3,(H,23,24)/p+1/t14-,17-/m0/s1. The van der Waals surface area contributed by atoms with Gasteiger partial charge in [0.25, 0.3) is 0 Å². The van der Waals surface area contributed by atoms with E-state index >= 15 is 0 Å². The molecule has 0 spiro atoms. The van der Waals surface area contributed by atoms with Crippen LogP contribution in [-0.2, 0) is 19.1 Å². The molecule has 1 saturated heterocycles. The smallest absolute Gasteiger partial charge is 0.463 e. The molecule has 27 heavy (non-hydrogen) atoms. The van der Waals surface area contributed by atoms with E-state index in [2.05, 4.69) is 4.74 Å². The van der Waals surface area contributed by atoms with Crippen molar-refractivity contribution in [2.45, 2.75) is 75.7 Å². The summed E-state index contributed by atoms with van der Waals surface area (Å²) >= 11 is 0. The maximum Gasteiger partial charge on any atom is 0.478 e. The summed E-state index contributed by atoms with van der Waals surface area (Å²) in [6.07, 6.45) is 1.87. The molecule has 0 radical (unpaired) electrons. The van der Waals surface area contributed by atoms with Gasteiger partial charge in [-0.05, 0) is 25.2 Å². The number of hydrogen-bond acceptors (Lipinski definition) is 4. The fourth-order valence-corrected chi connectivity index (χ4v) is 3.88. The molecule has 0 unspecified atom stereocenters. The second-order valence-corrected chi connectivity index (χ2v) is 7.46. The van der Waals surface area contributed by atoms with E-state index in [1.54, 1.807) is 0 Å². The fourth-order valence-electron chi connectivity index (χ4n) is 3.88. The second kappa shape index (κ2) is 9.73. The number of nitrogens with one attached hydrogen (secondary N) is 1. The van der Waals surface area contributed by atoms with Crippen molar-refractivity contribution in [1.82, 2.24) is 5.32 Å². The Morgan fingerprint density at radius 1 is 1.15 bits per heavy atom. The molecular formula is C18H30F3N2O4+. The van der Waals surface area contributed by atoms with E-state index in [0.717, 1.165) is 44.5 Å². The van der Waals surface area contributed by atoms with E-state index in [1.165, 1.54) is 6.42 Å². The topological polar surface area (TPSA) is 81.2 Å². The lowest BCUT2D eigenvalue weighted by molar-refractivity contribution is -0.747. The number of ether oxygens (including phenoxy) is 2. The van der Waals surface area contributed by atoms with E-state index in [9.17, 15) is 22.8 Å². The first-order valence-electron chi connectivity index (χ1n) is 9.70.